The second kappa shape index (κ2) is 4.51. The van der Waals surface area contributed by atoms with Crippen molar-refractivity contribution in [1.82, 2.24) is 0 Å². The van der Waals surface area contributed by atoms with Gasteiger partial charge in [0, 0.05) is 0 Å². The summed E-state index contributed by atoms with van der Waals surface area (Å²) in [7, 11) is 0. The van der Waals surface area contributed by atoms with E-state index in [-0.39, 0.29) is 0 Å². The first-order chi connectivity index (χ1) is 4.12. The highest BCUT2D eigenvalue weighted by Gasteiger charge is 2.29. The van der Waals surface area contributed by atoms with E-state index >= 15 is 0 Å². The van der Waals surface area contributed by atoms with Crippen LogP contribution in [-0.4, -0.2) is 19.9 Å². The first kappa shape index (κ1) is 9.70. The maximum absolute atomic E-state index is 5.22. The summed E-state index contributed by atoms with van der Waals surface area (Å²) in [4.78, 5) is 0. The molecule has 0 saturated carbocycles. The molecule has 0 bridgehead atoms. The Hall–Kier alpha value is 0.700. The molecule has 4 heteroatoms. The van der Waals surface area contributed by atoms with Gasteiger partial charge in [0.05, 0.1) is 25.5 Å². The van der Waals surface area contributed by atoms with Crippen molar-refractivity contribution in [3.63, 3.8) is 0 Å². The lowest BCUT2D eigenvalue weighted by Gasteiger charge is -2.10. The minimum atomic E-state index is -1.75. The molecule has 2 nitrogen and oxygen atoms in total. The average molecular weight is 169 g/mol. The lowest BCUT2D eigenvalue weighted by atomic mass is 10.9. The summed E-state index contributed by atoms with van der Waals surface area (Å²) in [6.45, 7) is 5.37. The van der Waals surface area contributed by atoms with Gasteiger partial charge < -0.3 is 0 Å². The molecule has 0 N–H and O–H groups in total. The van der Waals surface area contributed by atoms with Gasteiger partial charge in [-0.25, -0.2) is 0 Å². The Morgan fingerprint density at radius 2 is 1.56 bits per heavy atom. The predicted molar refractivity (Wildman–Crippen MR) is 45.1 cm³/mol. The molecule has 0 amide bonds. The first-order valence-electron chi connectivity index (χ1n) is 3.00. The van der Waals surface area contributed by atoms with Crippen molar-refractivity contribution in [2.24, 2.45) is 0 Å². The molecule has 9 heavy (non-hydrogen) atoms. The van der Waals surface area contributed by atoms with E-state index in [1.54, 1.807) is 0 Å². The lowest BCUT2D eigenvalue weighted by Crippen LogP contribution is -1.94. The van der Waals surface area contributed by atoms with E-state index < -0.39 is 6.92 Å². The zero-order valence-corrected chi connectivity index (χ0v) is 7.91. The molecular weight excluding hydrogens is 155 g/mol. The second-order valence-corrected chi connectivity index (χ2v) is 5.94. The molecule has 0 aliphatic rings. The SMILES string of the molecule is CCO[P+](C)(S)OCC. The number of hydrogen-bond acceptors (Lipinski definition) is 3. The van der Waals surface area contributed by atoms with E-state index in [4.69, 9.17) is 9.05 Å². The van der Waals surface area contributed by atoms with Crippen molar-refractivity contribution in [1.29, 1.82) is 0 Å². The molecule has 0 rings (SSSR count). The Bertz CT molecular complexity index is 69.4. The molecule has 0 spiro atoms. The van der Waals surface area contributed by atoms with Crippen molar-refractivity contribution >= 4 is 19.2 Å². The third-order valence-corrected chi connectivity index (χ3v) is 2.90. The third kappa shape index (κ3) is 5.16. The van der Waals surface area contributed by atoms with Crippen LogP contribution in [0.1, 0.15) is 13.8 Å². The largest absolute Gasteiger partial charge is 0.327 e. The Balaban J connectivity index is 3.43. The van der Waals surface area contributed by atoms with Crippen LogP contribution in [0.25, 0.3) is 0 Å². The molecule has 0 heterocycles. The topological polar surface area (TPSA) is 18.5 Å². The molecular formula is C5H14O2PS+. The summed E-state index contributed by atoms with van der Waals surface area (Å²) in [5.74, 6) is 0. The fourth-order valence-corrected chi connectivity index (χ4v) is 2.24. The summed E-state index contributed by atoms with van der Waals surface area (Å²) in [6, 6.07) is 0. The Morgan fingerprint density at radius 3 is 1.78 bits per heavy atom. The van der Waals surface area contributed by atoms with Crippen LogP contribution in [0.3, 0.4) is 0 Å². The fourth-order valence-electron chi connectivity index (χ4n) is 0.516. The van der Waals surface area contributed by atoms with E-state index in [2.05, 4.69) is 12.2 Å². The summed E-state index contributed by atoms with van der Waals surface area (Å²) in [6.07, 6.45) is 0. The molecule has 0 fully saturated rings. The molecule has 0 aromatic heterocycles. The third-order valence-electron chi connectivity index (χ3n) is 0.737. The van der Waals surface area contributed by atoms with Gasteiger partial charge in [0.25, 0.3) is 0 Å². The molecule has 0 aliphatic carbocycles. The van der Waals surface area contributed by atoms with Crippen LogP contribution in [-0.2, 0) is 9.05 Å². The molecule has 56 valence electrons. The summed E-state index contributed by atoms with van der Waals surface area (Å²) >= 11 is 4.21. The van der Waals surface area contributed by atoms with Gasteiger partial charge >= 0.3 is 6.92 Å². The predicted octanol–water partition coefficient (Wildman–Crippen LogP) is 2.38. The van der Waals surface area contributed by atoms with Gasteiger partial charge in [0.2, 0.25) is 0 Å². The van der Waals surface area contributed by atoms with Gasteiger partial charge in [-0.2, -0.15) is 9.05 Å². The Kier molecular flexibility index (Phi) is 4.86. The van der Waals surface area contributed by atoms with Gasteiger partial charge in [0.1, 0.15) is 6.66 Å². The highest BCUT2D eigenvalue weighted by Crippen LogP contribution is 2.61. The second-order valence-electron chi connectivity index (χ2n) is 1.64. The van der Waals surface area contributed by atoms with Crippen molar-refractivity contribution < 1.29 is 9.05 Å². The van der Waals surface area contributed by atoms with Gasteiger partial charge in [-0.3, -0.25) is 0 Å². The van der Waals surface area contributed by atoms with Crippen LogP contribution in [0.2, 0.25) is 0 Å². The van der Waals surface area contributed by atoms with Crippen LogP contribution in [0.15, 0.2) is 0 Å². The molecule has 0 aromatic carbocycles. The average Bonchev–Trinajstić information content (AvgIpc) is 1.64. The number of thiol groups is 1. The van der Waals surface area contributed by atoms with Crippen molar-refractivity contribution in [2.75, 3.05) is 19.9 Å². The monoisotopic (exact) mass is 169 g/mol. The van der Waals surface area contributed by atoms with Crippen LogP contribution in [0.4, 0.5) is 0 Å². The highest BCUT2D eigenvalue weighted by molar-refractivity contribution is 8.49. The Labute approximate surface area is 62.6 Å². The van der Waals surface area contributed by atoms with E-state index in [1.807, 2.05) is 20.5 Å². The molecule has 0 atom stereocenters. The van der Waals surface area contributed by atoms with Crippen LogP contribution in [0.5, 0.6) is 0 Å². The normalized spacial score (nSPS) is 12.0. The van der Waals surface area contributed by atoms with E-state index in [0.29, 0.717) is 13.2 Å². The van der Waals surface area contributed by atoms with Crippen molar-refractivity contribution in [2.45, 2.75) is 13.8 Å². The first-order valence-corrected chi connectivity index (χ1v) is 6.23. The maximum Gasteiger partial charge on any atom is 0.327 e. The maximum atomic E-state index is 5.22. The molecule has 0 aliphatic heterocycles. The van der Waals surface area contributed by atoms with E-state index in [9.17, 15) is 0 Å². The zero-order valence-electron chi connectivity index (χ0n) is 6.13. The quantitative estimate of drug-likeness (QED) is 0.514. The fraction of sp³-hybridized carbons (Fsp3) is 1.00. The van der Waals surface area contributed by atoms with E-state index in [1.165, 1.54) is 0 Å². The smallest absolute Gasteiger partial charge is 0.195 e. The van der Waals surface area contributed by atoms with Gasteiger partial charge in [-0.1, -0.05) is 0 Å². The van der Waals surface area contributed by atoms with Gasteiger partial charge in [0.15, 0.2) is 0 Å². The highest BCUT2D eigenvalue weighted by atomic mass is 32.7. The van der Waals surface area contributed by atoms with E-state index in [0.717, 1.165) is 0 Å². The molecule has 0 saturated heterocycles. The minimum Gasteiger partial charge on any atom is -0.195 e. The number of hydrogen-bond donors (Lipinski definition) is 1. The molecule has 0 radical (unpaired) electrons. The number of rotatable bonds is 4. The Morgan fingerprint density at radius 1 is 1.22 bits per heavy atom. The standard InChI is InChI=1S/C5H14O2PS/c1-4-6-8(3,9)7-5-2/h9H,4-5H2,1-3H3/q+1. The van der Waals surface area contributed by atoms with Crippen molar-refractivity contribution in [3.05, 3.63) is 0 Å². The molecule has 0 unspecified atom stereocenters. The zero-order chi connectivity index (χ0) is 7.33. The van der Waals surface area contributed by atoms with Gasteiger partial charge in [-0.05, 0) is 13.8 Å². The van der Waals surface area contributed by atoms with Crippen LogP contribution >= 0.6 is 19.2 Å². The summed E-state index contributed by atoms with van der Waals surface area (Å²) in [5.41, 5.74) is 0. The summed E-state index contributed by atoms with van der Waals surface area (Å²) < 4.78 is 10.4. The van der Waals surface area contributed by atoms with Gasteiger partial charge in [-0.15, -0.1) is 0 Å². The van der Waals surface area contributed by atoms with Crippen LogP contribution < -0.4 is 0 Å². The summed E-state index contributed by atoms with van der Waals surface area (Å²) in [5, 5.41) is 0. The lowest BCUT2D eigenvalue weighted by molar-refractivity contribution is 0.268. The van der Waals surface area contributed by atoms with Crippen molar-refractivity contribution in [3.8, 4) is 0 Å². The molecule has 0 aromatic rings. The van der Waals surface area contributed by atoms with Crippen LogP contribution in [0, 0.1) is 0 Å². The minimum absolute atomic E-state index is 0.674.